The Morgan fingerprint density at radius 1 is 1.44 bits per heavy atom. The van der Waals surface area contributed by atoms with Gasteiger partial charge < -0.3 is 15.0 Å². The van der Waals surface area contributed by atoms with Gasteiger partial charge >= 0.3 is 5.97 Å². The SMILES string of the molecule is CCOC(=O)Cn1cc(N)c2ccccc21. The van der Waals surface area contributed by atoms with E-state index in [1.807, 2.05) is 28.8 Å². The lowest BCUT2D eigenvalue weighted by Gasteiger charge is -2.04. The Labute approximate surface area is 93.6 Å². The minimum Gasteiger partial charge on any atom is -0.465 e. The number of hydrogen-bond acceptors (Lipinski definition) is 3. The lowest BCUT2D eigenvalue weighted by atomic mass is 10.2. The number of rotatable bonds is 3. The van der Waals surface area contributed by atoms with Crippen molar-refractivity contribution in [2.24, 2.45) is 0 Å². The van der Waals surface area contributed by atoms with E-state index in [9.17, 15) is 4.79 Å². The first-order valence-corrected chi connectivity index (χ1v) is 5.21. The highest BCUT2D eigenvalue weighted by Gasteiger charge is 2.08. The van der Waals surface area contributed by atoms with E-state index < -0.39 is 0 Å². The second-order valence-electron chi connectivity index (χ2n) is 3.53. The van der Waals surface area contributed by atoms with E-state index in [1.54, 1.807) is 13.1 Å². The standard InChI is InChI=1S/C12H14N2O2/c1-2-16-12(15)8-14-7-10(13)9-5-3-4-6-11(9)14/h3-7H,2,8,13H2,1H3. The van der Waals surface area contributed by atoms with E-state index in [2.05, 4.69) is 0 Å². The Hall–Kier alpha value is -1.97. The maximum Gasteiger partial charge on any atom is 0.325 e. The number of ether oxygens (including phenoxy) is 1. The van der Waals surface area contributed by atoms with Gasteiger partial charge in [-0.2, -0.15) is 0 Å². The normalized spacial score (nSPS) is 10.6. The second kappa shape index (κ2) is 4.26. The van der Waals surface area contributed by atoms with Crippen LogP contribution in [0.15, 0.2) is 30.5 Å². The molecule has 0 atom stereocenters. The third-order valence-electron chi connectivity index (χ3n) is 2.42. The maximum absolute atomic E-state index is 11.4. The molecule has 0 bridgehead atoms. The monoisotopic (exact) mass is 218 g/mol. The Bertz CT molecular complexity index is 517. The molecule has 0 saturated carbocycles. The van der Waals surface area contributed by atoms with E-state index in [4.69, 9.17) is 10.5 Å². The minimum atomic E-state index is -0.247. The number of nitrogens with two attached hydrogens (primary N) is 1. The smallest absolute Gasteiger partial charge is 0.325 e. The molecule has 0 fully saturated rings. The Morgan fingerprint density at radius 3 is 2.94 bits per heavy atom. The molecule has 0 aliphatic rings. The van der Waals surface area contributed by atoms with Crippen LogP contribution in [0.25, 0.3) is 10.9 Å². The van der Waals surface area contributed by atoms with E-state index in [0.29, 0.717) is 12.3 Å². The largest absolute Gasteiger partial charge is 0.465 e. The molecule has 16 heavy (non-hydrogen) atoms. The van der Waals surface area contributed by atoms with Gasteiger partial charge in [0.1, 0.15) is 6.54 Å². The van der Waals surface area contributed by atoms with E-state index >= 15 is 0 Å². The number of para-hydroxylation sites is 1. The number of esters is 1. The fourth-order valence-electron chi connectivity index (χ4n) is 1.75. The van der Waals surface area contributed by atoms with Crippen LogP contribution in [0.3, 0.4) is 0 Å². The molecule has 0 aliphatic carbocycles. The lowest BCUT2D eigenvalue weighted by Crippen LogP contribution is -2.12. The van der Waals surface area contributed by atoms with E-state index in [1.165, 1.54) is 0 Å². The van der Waals surface area contributed by atoms with Gasteiger partial charge in [0.25, 0.3) is 0 Å². The predicted octanol–water partition coefficient (Wildman–Crippen LogP) is 1.79. The van der Waals surface area contributed by atoms with Gasteiger partial charge in [0.15, 0.2) is 0 Å². The Kier molecular flexibility index (Phi) is 2.81. The molecule has 0 aliphatic heterocycles. The molecule has 4 heteroatoms. The molecule has 1 aromatic carbocycles. The zero-order chi connectivity index (χ0) is 11.5. The third kappa shape index (κ3) is 1.86. The average Bonchev–Trinajstić information content (AvgIpc) is 2.57. The molecule has 0 saturated heterocycles. The average molecular weight is 218 g/mol. The van der Waals surface area contributed by atoms with Crippen LogP contribution in [0.5, 0.6) is 0 Å². The van der Waals surface area contributed by atoms with Gasteiger partial charge in [-0.25, -0.2) is 0 Å². The van der Waals surface area contributed by atoms with Crippen LogP contribution in [-0.2, 0) is 16.1 Å². The van der Waals surface area contributed by atoms with Crippen molar-refractivity contribution in [3.8, 4) is 0 Å². The number of nitrogen functional groups attached to an aromatic ring is 1. The van der Waals surface area contributed by atoms with E-state index in [0.717, 1.165) is 10.9 Å². The van der Waals surface area contributed by atoms with Crippen LogP contribution in [-0.4, -0.2) is 17.1 Å². The molecule has 2 aromatic rings. The van der Waals surface area contributed by atoms with Gasteiger partial charge in [0, 0.05) is 11.6 Å². The first kappa shape index (κ1) is 10.5. The summed E-state index contributed by atoms with van der Waals surface area (Å²) in [5.74, 6) is -0.247. The Morgan fingerprint density at radius 2 is 2.19 bits per heavy atom. The Balaban J connectivity index is 2.34. The molecule has 0 unspecified atom stereocenters. The van der Waals surface area contributed by atoms with Crippen LogP contribution in [0.4, 0.5) is 5.69 Å². The molecule has 0 radical (unpaired) electrons. The summed E-state index contributed by atoms with van der Waals surface area (Å²) < 4.78 is 6.71. The summed E-state index contributed by atoms with van der Waals surface area (Å²) in [6, 6.07) is 7.72. The van der Waals surface area contributed by atoms with Crippen molar-refractivity contribution in [3.05, 3.63) is 30.5 Å². The summed E-state index contributed by atoms with van der Waals surface area (Å²) in [6.07, 6.45) is 1.77. The minimum absolute atomic E-state index is 0.200. The maximum atomic E-state index is 11.4. The second-order valence-corrected chi connectivity index (χ2v) is 3.53. The van der Waals surface area contributed by atoms with Gasteiger partial charge in [0.05, 0.1) is 17.8 Å². The summed E-state index contributed by atoms with van der Waals surface area (Å²) in [6.45, 7) is 2.39. The number of carbonyl (C=O) groups is 1. The molecule has 4 nitrogen and oxygen atoms in total. The number of fused-ring (bicyclic) bond motifs is 1. The van der Waals surface area contributed by atoms with Crippen molar-refractivity contribution in [2.75, 3.05) is 12.3 Å². The molecule has 1 heterocycles. The summed E-state index contributed by atoms with van der Waals surface area (Å²) in [5, 5.41) is 0.965. The topological polar surface area (TPSA) is 57.2 Å². The lowest BCUT2D eigenvalue weighted by molar-refractivity contribution is -0.143. The van der Waals surface area contributed by atoms with Gasteiger partial charge in [-0.15, -0.1) is 0 Å². The van der Waals surface area contributed by atoms with Crippen LogP contribution >= 0.6 is 0 Å². The van der Waals surface area contributed by atoms with Crippen molar-refractivity contribution >= 4 is 22.6 Å². The van der Waals surface area contributed by atoms with Crippen molar-refractivity contribution in [1.29, 1.82) is 0 Å². The highest BCUT2D eigenvalue weighted by Crippen LogP contribution is 2.22. The fraction of sp³-hybridized carbons (Fsp3) is 0.250. The van der Waals surface area contributed by atoms with Crippen molar-refractivity contribution in [3.63, 3.8) is 0 Å². The predicted molar refractivity (Wildman–Crippen MR) is 63.0 cm³/mol. The highest BCUT2D eigenvalue weighted by molar-refractivity contribution is 5.92. The van der Waals surface area contributed by atoms with Crippen LogP contribution in [0, 0.1) is 0 Å². The molecular weight excluding hydrogens is 204 g/mol. The fourth-order valence-corrected chi connectivity index (χ4v) is 1.75. The quantitative estimate of drug-likeness (QED) is 0.799. The van der Waals surface area contributed by atoms with Gasteiger partial charge in [-0.3, -0.25) is 4.79 Å². The molecule has 2 rings (SSSR count). The van der Waals surface area contributed by atoms with Crippen molar-refractivity contribution in [2.45, 2.75) is 13.5 Å². The zero-order valence-electron chi connectivity index (χ0n) is 9.14. The molecule has 0 amide bonds. The third-order valence-corrected chi connectivity index (χ3v) is 2.42. The summed E-state index contributed by atoms with van der Waals surface area (Å²) in [7, 11) is 0. The number of carbonyl (C=O) groups excluding carboxylic acids is 1. The molecule has 2 N–H and O–H groups in total. The molecule has 84 valence electrons. The van der Waals surface area contributed by atoms with E-state index in [-0.39, 0.29) is 12.5 Å². The van der Waals surface area contributed by atoms with Crippen LogP contribution in [0.2, 0.25) is 0 Å². The number of hydrogen-bond donors (Lipinski definition) is 1. The van der Waals surface area contributed by atoms with Gasteiger partial charge in [-0.05, 0) is 13.0 Å². The summed E-state index contributed by atoms with van der Waals surface area (Å²) in [4.78, 5) is 11.4. The first-order valence-electron chi connectivity index (χ1n) is 5.21. The molecule has 0 spiro atoms. The van der Waals surface area contributed by atoms with Crippen LogP contribution < -0.4 is 5.73 Å². The molecule has 1 aromatic heterocycles. The zero-order valence-corrected chi connectivity index (χ0v) is 9.14. The number of aromatic nitrogens is 1. The first-order chi connectivity index (χ1) is 7.72. The summed E-state index contributed by atoms with van der Waals surface area (Å²) in [5.41, 5.74) is 7.49. The number of benzene rings is 1. The molecular formula is C12H14N2O2. The summed E-state index contributed by atoms with van der Waals surface area (Å²) >= 11 is 0. The van der Waals surface area contributed by atoms with Crippen molar-refractivity contribution in [1.82, 2.24) is 4.57 Å². The van der Waals surface area contributed by atoms with Gasteiger partial charge in [0.2, 0.25) is 0 Å². The van der Waals surface area contributed by atoms with Crippen molar-refractivity contribution < 1.29 is 9.53 Å². The number of anilines is 1. The van der Waals surface area contributed by atoms with Gasteiger partial charge in [-0.1, -0.05) is 18.2 Å². The van der Waals surface area contributed by atoms with Crippen LogP contribution in [0.1, 0.15) is 6.92 Å². The number of nitrogens with zero attached hydrogens (tertiary/aromatic N) is 1. The highest BCUT2D eigenvalue weighted by atomic mass is 16.5.